The van der Waals surface area contributed by atoms with Gasteiger partial charge in [-0.05, 0) is 47.0 Å². The molecule has 1 aromatic heterocycles. The highest BCUT2D eigenvalue weighted by Gasteiger charge is 2.15. The molecule has 0 unspecified atom stereocenters. The highest BCUT2D eigenvalue weighted by atomic mass is 79.9. The molecule has 5 nitrogen and oxygen atoms in total. The molecule has 0 fully saturated rings. The number of halogens is 2. The Morgan fingerprint density at radius 1 is 1.43 bits per heavy atom. The molecular formula is C13H14BrFN4OS. The Bertz CT molecular complexity index is 662. The Kier molecular flexibility index (Phi) is 5.24. The SMILES string of the molecule is CCCNc1nnc(C(=O)Nc2cc(Br)c(F)cc2C)s1. The van der Waals surface area contributed by atoms with E-state index in [-0.39, 0.29) is 16.7 Å². The smallest absolute Gasteiger partial charge is 0.286 e. The number of nitrogens with one attached hydrogen (secondary N) is 2. The van der Waals surface area contributed by atoms with E-state index in [1.807, 2.05) is 6.92 Å². The maximum Gasteiger partial charge on any atom is 0.286 e. The summed E-state index contributed by atoms with van der Waals surface area (Å²) in [5, 5.41) is 14.4. The molecule has 0 saturated heterocycles. The summed E-state index contributed by atoms with van der Waals surface area (Å²) in [6.07, 6.45) is 0.962. The molecule has 0 saturated carbocycles. The monoisotopic (exact) mass is 372 g/mol. The molecular weight excluding hydrogens is 359 g/mol. The van der Waals surface area contributed by atoms with E-state index in [0.717, 1.165) is 13.0 Å². The van der Waals surface area contributed by atoms with Crippen molar-refractivity contribution in [3.63, 3.8) is 0 Å². The van der Waals surface area contributed by atoms with Crippen LogP contribution < -0.4 is 10.6 Å². The van der Waals surface area contributed by atoms with Crippen molar-refractivity contribution in [3.05, 3.63) is 33.0 Å². The third-order valence-corrected chi connectivity index (χ3v) is 4.15. The van der Waals surface area contributed by atoms with Gasteiger partial charge in [0.1, 0.15) is 5.82 Å². The molecule has 1 amide bonds. The molecule has 0 aliphatic heterocycles. The molecule has 2 N–H and O–H groups in total. The van der Waals surface area contributed by atoms with Gasteiger partial charge in [-0.2, -0.15) is 0 Å². The summed E-state index contributed by atoms with van der Waals surface area (Å²) in [7, 11) is 0. The maximum atomic E-state index is 13.4. The number of benzene rings is 1. The Balaban J connectivity index is 2.11. The number of aromatic nitrogens is 2. The van der Waals surface area contributed by atoms with Crippen molar-refractivity contribution in [3.8, 4) is 0 Å². The largest absolute Gasteiger partial charge is 0.360 e. The van der Waals surface area contributed by atoms with Crippen LogP contribution in [0.5, 0.6) is 0 Å². The lowest BCUT2D eigenvalue weighted by molar-refractivity contribution is 0.102. The molecule has 2 rings (SSSR count). The van der Waals surface area contributed by atoms with Crippen LogP contribution in [-0.2, 0) is 0 Å². The number of hydrogen-bond acceptors (Lipinski definition) is 5. The van der Waals surface area contributed by atoms with E-state index >= 15 is 0 Å². The van der Waals surface area contributed by atoms with Crippen molar-refractivity contribution >= 4 is 44.0 Å². The highest BCUT2D eigenvalue weighted by molar-refractivity contribution is 9.10. The topological polar surface area (TPSA) is 66.9 Å². The number of amides is 1. The van der Waals surface area contributed by atoms with Crippen LogP contribution >= 0.6 is 27.3 Å². The van der Waals surface area contributed by atoms with E-state index in [9.17, 15) is 9.18 Å². The summed E-state index contributed by atoms with van der Waals surface area (Å²) in [5.41, 5.74) is 1.17. The van der Waals surface area contributed by atoms with E-state index in [0.29, 0.717) is 20.9 Å². The summed E-state index contributed by atoms with van der Waals surface area (Å²) in [6, 6.07) is 2.88. The van der Waals surface area contributed by atoms with Crippen molar-refractivity contribution in [2.75, 3.05) is 17.2 Å². The minimum Gasteiger partial charge on any atom is -0.360 e. The standard InChI is InChI=1S/C13H14BrFN4OS/c1-3-4-16-13-19-18-12(21-13)11(20)17-10-6-8(14)9(15)5-7(10)2/h5-6H,3-4H2,1-2H3,(H,16,19)(H,17,20). The first kappa shape index (κ1) is 15.8. The van der Waals surface area contributed by atoms with Gasteiger partial charge in [0.05, 0.1) is 4.47 Å². The maximum absolute atomic E-state index is 13.4. The van der Waals surface area contributed by atoms with E-state index in [4.69, 9.17) is 0 Å². The van der Waals surface area contributed by atoms with Crippen LogP contribution in [0.2, 0.25) is 0 Å². The van der Waals surface area contributed by atoms with Gasteiger partial charge in [0.15, 0.2) is 0 Å². The van der Waals surface area contributed by atoms with E-state index in [1.165, 1.54) is 23.5 Å². The van der Waals surface area contributed by atoms with E-state index in [1.54, 1.807) is 6.92 Å². The fourth-order valence-electron chi connectivity index (χ4n) is 1.58. The third kappa shape index (κ3) is 3.98. The fraction of sp³-hybridized carbons (Fsp3) is 0.308. The van der Waals surface area contributed by atoms with Gasteiger partial charge in [0.2, 0.25) is 10.1 Å². The number of rotatable bonds is 5. The Hall–Kier alpha value is -1.54. The average molecular weight is 373 g/mol. The summed E-state index contributed by atoms with van der Waals surface area (Å²) in [5.74, 6) is -0.730. The quantitative estimate of drug-likeness (QED) is 0.836. The van der Waals surface area contributed by atoms with Crippen LogP contribution in [0.3, 0.4) is 0 Å². The van der Waals surface area contributed by atoms with Crippen LogP contribution in [0.4, 0.5) is 15.2 Å². The summed E-state index contributed by atoms with van der Waals surface area (Å²) in [6.45, 7) is 4.54. The Morgan fingerprint density at radius 3 is 2.90 bits per heavy atom. The Morgan fingerprint density at radius 2 is 2.19 bits per heavy atom. The lowest BCUT2D eigenvalue weighted by atomic mass is 10.2. The Labute approximate surface area is 134 Å². The van der Waals surface area contributed by atoms with Gasteiger partial charge in [0.25, 0.3) is 5.91 Å². The molecule has 0 radical (unpaired) electrons. The number of carbonyl (C=O) groups excluding carboxylic acids is 1. The average Bonchev–Trinajstić information content (AvgIpc) is 2.91. The first-order chi connectivity index (χ1) is 10.0. The fourth-order valence-corrected chi connectivity index (χ4v) is 2.58. The number of aryl methyl sites for hydroxylation is 1. The van der Waals surface area contributed by atoms with Crippen molar-refractivity contribution in [1.29, 1.82) is 0 Å². The van der Waals surface area contributed by atoms with Crippen LogP contribution in [0.15, 0.2) is 16.6 Å². The summed E-state index contributed by atoms with van der Waals surface area (Å²) in [4.78, 5) is 12.1. The van der Waals surface area contributed by atoms with Gasteiger partial charge in [-0.25, -0.2) is 4.39 Å². The van der Waals surface area contributed by atoms with Gasteiger partial charge in [-0.3, -0.25) is 4.79 Å². The molecule has 1 heterocycles. The van der Waals surface area contributed by atoms with Gasteiger partial charge < -0.3 is 10.6 Å². The van der Waals surface area contributed by atoms with Crippen LogP contribution in [0.25, 0.3) is 0 Å². The minimum absolute atomic E-state index is 0.258. The number of carbonyl (C=O) groups is 1. The highest BCUT2D eigenvalue weighted by Crippen LogP contribution is 2.25. The molecule has 0 bridgehead atoms. The molecule has 0 aliphatic carbocycles. The zero-order chi connectivity index (χ0) is 15.4. The van der Waals surface area contributed by atoms with Crippen molar-refractivity contribution in [2.24, 2.45) is 0 Å². The van der Waals surface area contributed by atoms with Crippen LogP contribution in [-0.4, -0.2) is 22.6 Å². The molecule has 112 valence electrons. The second kappa shape index (κ2) is 6.95. The first-order valence-electron chi connectivity index (χ1n) is 6.35. The molecule has 0 atom stereocenters. The number of nitrogens with zero attached hydrogens (tertiary/aromatic N) is 2. The number of anilines is 2. The summed E-state index contributed by atoms with van der Waals surface area (Å²) < 4.78 is 13.7. The molecule has 0 spiro atoms. The first-order valence-corrected chi connectivity index (χ1v) is 7.96. The minimum atomic E-state index is -0.368. The number of hydrogen-bond donors (Lipinski definition) is 2. The molecule has 8 heteroatoms. The predicted octanol–water partition coefficient (Wildman–Crippen LogP) is 3.82. The third-order valence-electron chi connectivity index (χ3n) is 2.66. The van der Waals surface area contributed by atoms with Crippen molar-refractivity contribution in [1.82, 2.24) is 10.2 Å². The second-order valence-electron chi connectivity index (χ2n) is 4.37. The summed E-state index contributed by atoms with van der Waals surface area (Å²) >= 11 is 4.28. The molecule has 1 aromatic carbocycles. The zero-order valence-corrected chi connectivity index (χ0v) is 13.9. The van der Waals surface area contributed by atoms with Crippen LogP contribution in [0.1, 0.15) is 28.7 Å². The molecule has 0 aliphatic rings. The predicted molar refractivity (Wildman–Crippen MR) is 85.5 cm³/mol. The van der Waals surface area contributed by atoms with Crippen molar-refractivity contribution in [2.45, 2.75) is 20.3 Å². The zero-order valence-electron chi connectivity index (χ0n) is 11.5. The lowest BCUT2D eigenvalue weighted by Gasteiger charge is -2.08. The van der Waals surface area contributed by atoms with E-state index < -0.39 is 0 Å². The van der Waals surface area contributed by atoms with Crippen molar-refractivity contribution < 1.29 is 9.18 Å². The molecule has 2 aromatic rings. The van der Waals surface area contributed by atoms with Crippen LogP contribution in [0, 0.1) is 12.7 Å². The van der Waals surface area contributed by atoms with Gasteiger partial charge in [-0.1, -0.05) is 18.3 Å². The molecule has 21 heavy (non-hydrogen) atoms. The normalized spacial score (nSPS) is 10.5. The van der Waals surface area contributed by atoms with Gasteiger partial charge in [-0.15, -0.1) is 10.2 Å². The van der Waals surface area contributed by atoms with Gasteiger partial charge in [0, 0.05) is 12.2 Å². The van der Waals surface area contributed by atoms with Gasteiger partial charge >= 0.3 is 0 Å². The van der Waals surface area contributed by atoms with E-state index in [2.05, 4.69) is 36.8 Å². The second-order valence-corrected chi connectivity index (χ2v) is 6.21. The lowest BCUT2D eigenvalue weighted by Crippen LogP contribution is -2.12.